The Labute approximate surface area is 164 Å². The maximum absolute atomic E-state index is 8.44. The average Bonchev–Trinajstić information content (AvgIpc) is 3.25. The molecule has 1 atom stereocenters. The summed E-state index contributed by atoms with van der Waals surface area (Å²) in [5.74, 6) is 1.07. The van der Waals surface area contributed by atoms with Crippen LogP contribution in [0.2, 0.25) is 0 Å². The van der Waals surface area contributed by atoms with Crippen LogP contribution in [0.3, 0.4) is 0 Å². The van der Waals surface area contributed by atoms with Crippen LogP contribution in [0, 0.1) is 11.3 Å². The Hall–Kier alpha value is -2.18. The highest BCUT2D eigenvalue weighted by Gasteiger charge is 2.17. The van der Waals surface area contributed by atoms with E-state index in [1.54, 1.807) is 11.3 Å². The van der Waals surface area contributed by atoms with Crippen LogP contribution in [0.25, 0.3) is 12.2 Å². The lowest BCUT2D eigenvalue weighted by Crippen LogP contribution is -2.46. The molecule has 5 nitrogen and oxygen atoms in total. The first-order valence-electron chi connectivity index (χ1n) is 9.79. The molecule has 0 bridgehead atoms. The normalized spacial score (nSPS) is 19.1. The van der Waals surface area contributed by atoms with Crippen LogP contribution in [0.4, 0.5) is 0 Å². The van der Waals surface area contributed by atoms with Crippen molar-refractivity contribution in [1.29, 1.82) is 5.41 Å². The number of aromatic nitrogens is 2. The average molecular weight is 382 g/mol. The Bertz CT molecular complexity index is 946. The van der Waals surface area contributed by atoms with Crippen LogP contribution in [-0.4, -0.2) is 46.5 Å². The number of fused-ring (bicyclic) bond motifs is 1. The van der Waals surface area contributed by atoms with E-state index in [4.69, 9.17) is 10.4 Å². The lowest BCUT2D eigenvalue weighted by Gasteiger charge is -2.28. The number of thiazole rings is 1. The standard InChI is InChI=1S/C21H27N5S/c1-2-4-16-5-3-6-19-17(13-16)7-10-26(19)14-20-24-18(15-27-20)21(22)25-11-8-23-9-12-25/h3,5-7,10,13,15-16,22-23H,2,4,8-9,11-12,14H2,1H3. The van der Waals surface area contributed by atoms with Gasteiger partial charge in [-0.3, -0.25) is 5.41 Å². The second-order valence-electron chi connectivity index (χ2n) is 7.17. The van der Waals surface area contributed by atoms with Crippen LogP contribution in [0.15, 0.2) is 29.8 Å². The second kappa shape index (κ2) is 8.23. The monoisotopic (exact) mass is 381 g/mol. The van der Waals surface area contributed by atoms with E-state index in [9.17, 15) is 0 Å². The third-order valence-corrected chi connectivity index (χ3v) is 6.03. The lowest BCUT2D eigenvalue weighted by atomic mass is 10.0. The molecule has 1 unspecified atom stereocenters. The Morgan fingerprint density at radius 2 is 2.22 bits per heavy atom. The largest absolute Gasteiger partial charge is 0.353 e. The molecule has 4 rings (SSSR count). The molecule has 2 aromatic heterocycles. The van der Waals surface area contributed by atoms with Crippen molar-refractivity contribution in [3.8, 4) is 0 Å². The molecule has 142 valence electrons. The van der Waals surface area contributed by atoms with E-state index in [1.807, 2.05) is 5.38 Å². The molecule has 1 aliphatic carbocycles. The molecule has 0 aromatic carbocycles. The number of nitrogens with one attached hydrogen (secondary N) is 2. The molecule has 0 saturated carbocycles. The zero-order valence-corrected chi connectivity index (χ0v) is 16.6. The van der Waals surface area contributed by atoms with E-state index >= 15 is 0 Å². The van der Waals surface area contributed by atoms with Gasteiger partial charge in [-0.15, -0.1) is 11.3 Å². The molecule has 1 aliphatic heterocycles. The predicted molar refractivity (Wildman–Crippen MR) is 113 cm³/mol. The van der Waals surface area contributed by atoms with Gasteiger partial charge in [-0.2, -0.15) is 0 Å². The molecule has 3 heterocycles. The number of rotatable bonds is 5. The molecule has 1 saturated heterocycles. The highest BCUT2D eigenvalue weighted by atomic mass is 32.1. The zero-order chi connectivity index (χ0) is 18.6. The Balaban J connectivity index is 1.52. The summed E-state index contributed by atoms with van der Waals surface area (Å²) >= 11 is 1.65. The fourth-order valence-corrected chi connectivity index (χ4v) is 4.53. The van der Waals surface area contributed by atoms with Gasteiger partial charge in [-0.1, -0.05) is 31.6 Å². The van der Waals surface area contributed by atoms with Crippen molar-refractivity contribution in [1.82, 2.24) is 19.8 Å². The SMILES string of the molecule is CCCC1C=CC=c2c(ccn2Cc2nc(C(=N)N3CCNCC3)cs2)=C1. The summed E-state index contributed by atoms with van der Waals surface area (Å²) in [5, 5.41) is 17.4. The molecule has 0 amide bonds. The molecule has 27 heavy (non-hydrogen) atoms. The highest BCUT2D eigenvalue weighted by Crippen LogP contribution is 2.14. The minimum atomic E-state index is 0.523. The van der Waals surface area contributed by atoms with Gasteiger partial charge in [-0.05, 0) is 29.7 Å². The van der Waals surface area contributed by atoms with E-state index in [0.29, 0.717) is 11.8 Å². The van der Waals surface area contributed by atoms with Crippen LogP contribution < -0.4 is 15.9 Å². The van der Waals surface area contributed by atoms with Crippen LogP contribution in [0.5, 0.6) is 0 Å². The van der Waals surface area contributed by atoms with Gasteiger partial charge < -0.3 is 14.8 Å². The lowest BCUT2D eigenvalue weighted by molar-refractivity contribution is 0.355. The summed E-state index contributed by atoms with van der Waals surface area (Å²) in [6.45, 7) is 6.63. The van der Waals surface area contributed by atoms with Crippen molar-refractivity contribution in [3.05, 3.63) is 51.1 Å². The van der Waals surface area contributed by atoms with E-state index in [0.717, 1.165) is 43.4 Å². The Morgan fingerprint density at radius 3 is 3.04 bits per heavy atom. The molecule has 0 radical (unpaired) electrons. The molecule has 0 spiro atoms. The van der Waals surface area contributed by atoms with E-state index in [1.165, 1.54) is 23.4 Å². The van der Waals surface area contributed by atoms with Gasteiger partial charge >= 0.3 is 0 Å². The Morgan fingerprint density at radius 1 is 1.37 bits per heavy atom. The first-order valence-corrected chi connectivity index (χ1v) is 10.7. The first-order chi connectivity index (χ1) is 13.2. The fraction of sp³-hybridized carbons (Fsp3) is 0.429. The van der Waals surface area contributed by atoms with Crippen molar-refractivity contribution in [2.45, 2.75) is 26.3 Å². The topological polar surface area (TPSA) is 56.9 Å². The third-order valence-electron chi connectivity index (χ3n) is 5.20. The van der Waals surface area contributed by atoms with Gasteiger partial charge in [0.25, 0.3) is 0 Å². The van der Waals surface area contributed by atoms with Crippen molar-refractivity contribution < 1.29 is 0 Å². The van der Waals surface area contributed by atoms with Crippen LogP contribution >= 0.6 is 11.3 Å². The first kappa shape index (κ1) is 18.2. The number of hydrogen-bond donors (Lipinski definition) is 2. The minimum absolute atomic E-state index is 0.523. The minimum Gasteiger partial charge on any atom is -0.353 e. The fourth-order valence-electron chi connectivity index (χ4n) is 3.75. The van der Waals surface area contributed by atoms with Crippen molar-refractivity contribution in [2.24, 2.45) is 5.92 Å². The maximum atomic E-state index is 8.44. The molecule has 2 aliphatic rings. The molecule has 2 N–H and O–H groups in total. The van der Waals surface area contributed by atoms with E-state index < -0.39 is 0 Å². The van der Waals surface area contributed by atoms with Gasteiger partial charge in [0.15, 0.2) is 0 Å². The van der Waals surface area contributed by atoms with Crippen molar-refractivity contribution in [2.75, 3.05) is 26.2 Å². The predicted octanol–water partition coefficient (Wildman–Crippen LogP) is 1.77. The van der Waals surface area contributed by atoms with Gasteiger partial charge in [0.05, 0.1) is 6.54 Å². The van der Waals surface area contributed by atoms with Gasteiger partial charge in [-0.25, -0.2) is 4.98 Å². The summed E-state index contributed by atoms with van der Waals surface area (Å²) in [4.78, 5) is 6.86. The van der Waals surface area contributed by atoms with Crippen molar-refractivity contribution in [3.63, 3.8) is 0 Å². The quantitative estimate of drug-likeness (QED) is 0.613. The molecular formula is C21H27N5S. The van der Waals surface area contributed by atoms with E-state index in [2.05, 4.69) is 58.3 Å². The van der Waals surface area contributed by atoms with Crippen LogP contribution in [-0.2, 0) is 6.54 Å². The summed E-state index contributed by atoms with van der Waals surface area (Å²) in [6.07, 6.45) is 13.6. The number of nitrogens with zero attached hydrogens (tertiary/aromatic N) is 3. The Kier molecular flexibility index (Phi) is 5.55. The molecular weight excluding hydrogens is 354 g/mol. The summed E-state index contributed by atoms with van der Waals surface area (Å²) in [5.41, 5.74) is 0.800. The number of allylic oxidation sites excluding steroid dienone is 2. The van der Waals surface area contributed by atoms with Crippen molar-refractivity contribution >= 4 is 29.3 Å². The second-order valence-corrected chi connectivity index (χ2v) is 8.11. The number of amidine groups is 1. The van der Waals surface area contributed by atoms with Crippen LogP contribution in [0.1, 0.15) is 30.5 Å². The molecule has 6 heteroatoms. The third kappa shape index (κ3) is 4.06. The highest BCUT2D eigenvalue weighted by molar-refractivity contribution is 7.09. The summed E-state index contributed by atoms with van der Waals surface area (Å²) < 4.78 is 2.27. The molecule has 1 fully saturated rings. The smallest absolute Gasteiger partial charge is 0.148 e. The van der Waals surface area contributed by atoms with Gasteiger partial charge in [0.1, 0.15) is 16.5 Å². The zero-order valence-electron chi connectivity index (χ0n) is 15.8. The summed E-state index contributed by atoms with van der Waals surface area (Å²) in [7, 11) is 0. The maximum Gasteiger partial charge on any atom is 0.148 e. The summed E-state index contributed by atoms with van der Waals surface area (Å²) in [6, 6.07) is 2.21. The van der Waals surface area contributed by atoms with E-state index in [-0.39, 0.29) is 0 Å². The molecule has 2 aromatic rings. The van der Waals surface area contributed by atoms with Gasteiger partial charge in [0, 0.05) is 43.1 Å². The number of hydrogen-bond acceptors (Lipinski definition) is 4. The number of piperazine rings is 1. The van der Waals surface area contributed by atoms with Gasteiger partial charge in [0.2, 0.25) is 0 Å².